The van der Waals surface area contributed by atoms with E-state index in [-0.39, 0.29) is 12.4 Å². The second-order valence-corrected chi connectivity index (χ2v) is 6.37. The molecule has 2 fully saturated rings. The van der Waals surface area contributed by atoms with Crippen LogP contribution in [-0.4, -0.2) is 43.7 Å². The van der Waals surface area contributed by atoms with E-state index in [1.165, 1.54) is 32.6 Å². The lowest BCUT2D eigenvalue weighted by Crippen LogP contribution is -2.28. The number of halogens is 2. The largest absolute Gasteiger partial charge is 0.496 e. The van der Waals surface area contributed by atoms with Gasteiger partial charge in [0.25, 0.3) is 0 Å². The SMILES string of the molecule is COc1cc(N)c(Cl)cc1C(=O)OC[C@@H]1CCN2CCC[C@@H]12.Cl. The van der Waals surface area contributed by atoms with Gasteiger partial charge in [-0.3, -0.25) is 4.90 Å². The van der Waals surface area contributed by atoms with Crippen molar-refractivity contribution in [1.29, 1.82) is 0 Å². The highest BCUT2D eigenvalue weighted by atomic mass is 35.5. The normalized spacial score (nSPS) is 23.2. The summed E-state index contributed by atoms with van der Waals surface area (Å²) < 4.78 is 10.7. The van der Waals surface area contributed by atoms with Crippen LogP contribution >= 0.6 is 24.0 Å². The third-order valence-corrected chi connectivity index (χ3v) is 5.04. The van der Waals surface area contributed by atoms with E-state index < -0.39 is 5.97 Å². The number of fused-ring (bicyclic) bond motifs is 1. The molecule has 0 aliphatic carbocycles. The van der Waals surface area contributed by atoms with E-state index in [0.29, 0.717) is 40.6 Å². The zero-order valence-electron chi connectivity index (χ0n) is 13.1. The number of carbonyl (C=O) groups is 1. The molecule has 0 amide bonds. The lowest BCUT2D eigenvalue weighted by molar-refractivity contribution is 0.0415. The number of nitrogen functional groups attached to an aromatic ring is 1. The maximum Gasteiger partial charge on any atom is 0.341 e. The van der Waals surface area contributed by atoms with Crippen molar-refractivity contribution in [3.8, 4) is 5.75 Å². The number of hydrogen-bond acceptors (Lipinski definition) is 5. The number of rotatable bonds is 4. The molecule has 2 heterocycles. The molecular weight excluding hydrogens is 339 g/mol. The van der Waals surface area contributed by atoms with Crippen molar-refractivity contribution in [2.45, 2.75) is 25.3 Å². The second kappa shape index (κ2) is 7.60. The highest BCUT2D eigenvalue weighted by Gasteiger charge is 2.37. The van der Waals surface area contributed by atoms with E-state index in [1.807, 2.05) is 0 Å². The van der Waals surface area contributed by atoms with Crippen molar-refractivity contribution >= 4 is 35.7 Å². The molecule has 2 aliphatic heterocycles. The van der Waals surface area contributed by atoms with Crippen LogP contribution in [0.25, 0.3) is 0 Å². The van der Waals surface area contributed by atoms with Gasteiger partial charge in [-0.05, 0) is 38.4 Å². The highest BCUT2D eigenvalue weighted by Crippen LogP contribution is 2.33. The molecule has 0 radical (unpaired) electrons. The Morgan fingerprint density at radius 2 is 2.17 bits per heavy atom. The zero-order chi connectivity index (χ0) is 15.7. The molecule has 2 N–H and O–H groups in total. The number of nitrogens with two attached hydrogens (primary N) is 1. The molecule has 0 aromatic heterocycles. The molecule has 0 saturated carbocycles. The number of methoxy groups -OCH3 is 1. The maximum atomic E-state index is 12.3. The summed E-state index contributed by atoms with van der Waals surface area (Å²) in [6, 6.07) is 3.63. The molecule has 1 aromatic rings. The van der Waals surface area contributed by atoms with E-state index in [0.717, 1.165) is 13.0 Å². The van der Waals surface area contributed by atoms with Gasteiger partial charge in [0.15, 0.2) is 0 Å². The van der Waals surface area contributed by atoms with Gasteiger partial charge in [0.1, 0.15) is 11.3 Å². The van der Waals surface area contributed by atoms with Crippen molar-refractivity contribution in [2.24, 2.45) is 5.92 Å². The van der Waals surface area contributed by atoms with Gasteiger partial charge in [-0.15, -0.1) is 12.4 Å². The van der Waals surface area contributed by atoms with Gasteiger partial charge in [0, 0.05) is 18.0 Å². The lowest BCUT2D eigenvalue weighted by atomic mass is 9.99. The van der Waals surface area contributed by atoms with E-state index in [2.05, 4.69) is 4.90 Å². The Balaban J connectivity index is 0.00000192. The summed E-state index contributed by atoms with van der Waals surface area (Å²) in [6.45, 7) is 2.74. The first-order valence-electron chi connectivity index (χ1n) is 7.64. The standard InChI is InChI=1S/C16H21ClN2O3.ClH/c1-21-15-8-13(18)12(17)7-11(15)16(20)22-9-10-4-6-19-5-2-3-14(10)19;/h7-8,10,14H,2-6,9,18H2,1H3;1H/t10-,14-;/m0./s1. The summed E-state index contributed by atoms with van der Waals surface area (Å²) in [6.07, 6.45) is 3.55. The van der Waals surface area contributed by atoms with Crippen molar-refractivity contribution in [3.05, 3.63) is 22.7 Å². The van der Waals surface area contributed by atoms with Gasteiger partial charge in [0.2, 0.25) is 0 Å². The van der Waals surface area contributed by atoms with Crippen molar-refractivity contribution in [2.75, 3.05) is 32.5 Å². The number of hydrogen-bond donors (Lipinski definition) is 1. The predicted molar refractivity (Wildman–Crippen MR) is 92.6 cm³/mol. The van der Waals surface area contributed by atoms with Gasteiger partial charge in [-0.1, -0.05) is 11.6 Å². The Bertz CT molecular complexity index is 583. The van der Waals surface area contributed by atoms with E-state index >= 15 is 0 Å². The molecule has 0 unspecified atom stereocenters. The van der Waals surface area contributed by atoms with Crippen LogP contribution in [0.5, 0.6) is 5.75 Å². The Labute approximate surface area is 147 Å². The molecule has 2 saturated heterocycles. The first-order valence-corrected chi connectivity index (χ1v) is 8.02. The molecule has 0 bridgehead atoms. The van der Waals surface area contributed by atoms with Crippen LogP contribution in [0.3, 0.4) is 0 Å². The molecule has 2 aliphatic rings. The summed E-state index contributed by atoms with van der Waals surface area (Å²) in [5.41, 5.74) is 6.43. The van der Waals surface area contributed by atoms with Gasteiger partial charge in [-0.25, -0.2) is 4.79 Å². The third kappa shape index (κ3) is 3.67. The van der Waals surface area contributed by atoms with Gasteiger partial charge >= 0.3 is 5.97 Å². The number of esters is 1. The summed E-state index contributed by atoms with van der Waals surface area (Å²) in [5, 5.41) is 0.329. The van der Waals surface area contributed by atoms with E-state index in [9.17, 15) is 4.79 Å². The highest BCUT2D eigenvalue weighted by molar-refractivity contribution is 6.33. The lowest BCUT2D eigenvalue weighted by Gasteiger charge is -2.20. The molecule has 128 valence electrons. The fourth-order valence-corrected chi connectivity index (χ4v) is 3.70. The van der Waals surface area contributed by atoms with Crippen LogP contribution in [0.2, 0.25) is 5.02 Å². The average molecular weight is 361 g/mol. The van der Waals surface area contributed by atoms with E-state index in [1.54, 1.807) is 6.07 Å². The number of anilines is 1. The van der Waals surface area contributed by atoms with Crippen LogP contribution in [0, 0.1) is 5.92 Å². The molecule has 1 aromatic carbocycles. The van der Waals surface area contributed by atoms with Gasteiger partial charge in [0.05, 0.1) is 24.4 Å². The molecule has 2 atom stereocenters. The summed E-state index contributed by atoms with van der Waals surface area (Å²) in [5.74, 6) is 0.415. The minimum atomic E-state index is -0.407. The van der Waals surface area contributed by atoms with Crippen LogP contribution in [0.1, 0.15) is 29.6 Å². The topological polar surface area (TPSA) is 64.8 Å². The first-order chi connectivity index (χ1) is 10.6. The van der Waals surface area contributed by atoms with Crippen molar-refractivity contribution in [1.82, 2.24) is 4.90 Å². The smallest absolute Gasteiger partial charge is 0.341 e. The molecule has 23 heavy (non-hydrogen) atoms. The van der Waals surface area contributed by atoms with Gasteiger partial charge in [-0.2, -0.15) is 0 Å². The quantitative estimate of drug-likeness (QED) is 0.660. The second-order valence-electron chi connectivity index (χ2n) is 5.97. The Hall–Kier alpha value is -1.17. The molecular formula is C16H22Cl2N2O3. The maximum absolute atomic E-state index is 12.3. The number of nitrogens with zero attached hydrogens (tertiary/aromatic N) is 1. The van der Waals surface area contributed by atoms with Crippen molar-refractivity contribution in [3.63, 3.8) is 0 Å². The summed E-state index contributed by atoms with van der Waals surface area (Å²) in [7, 11) is 1.49. The number of ether oxygens (including phenoxy) is 2. The zero-order valence-corrected chi connectivity index (χ0v) is 14.7. The van der Waals surface area contributed by atoms with Crippen molar-refractivity contribution < 1.29 is 14.3 Å². The minimum Gasteiger partial charge on any atom is -0.496 e. The first kappa shape index (κ1) is 18.2. The summed E-state index contributed by atoms with van der Waals surface area (Å²) in [4.78, 5) is 14.8. The van der Waals surface area contributed by atoms with Crippen LogP contribution < -0.4 is 10.5 Å². The molecule has 5 nitrogen and oxygen atoms in total. The number of carbonyl (C=O) groups excluding carboxylic acids is 1. The molecule has 0 spiro atoms. The van der Waals surface area contributed by atoms with Gasteiger partial charge < -0.3 is 15.2 Å². The van der Waals surface area contributed by atoms with E-state index in [4.69, 9.17) is 26.8 Å². The Kier molecular flexibility index (Phi) is 6.00. The molecule has 7 heteroatoms. The fraction of sp³-hybridized carbons (Fsp3) is 0.562. The fourth-order valence-electron chi connectivity index (χ4n) is 3.54. The van der Waals surface area contributed by atoms with Crippen LogP contribution in [0.15, 0.2) is 12.1 Å². The predicted octanol–water partition coefficient (Wildman–Crippen LogP) is 2.99. The Morgan fingerprint density at radius 3 is 2.91 bits per heavy atom. The van der Waals surface area contributed by atoms with Crippen LogP contribution in [0.4, 0.5) is 5.69 Å². The minimum absolute atomic E-state index is 0. The average Bonchev–Trinajstić information content (AvgIpc) is 3.10. The Morgan fingerprint density at radius 1 is 1.39 bits per heavy atom. The number of benzene rings is 1. The summed E-state index contributed by atoms with van der Waals surface area (Å²) >= 11 is 5.99. The molecule has 3 rings (SSSR count). The monoisotopic (exact) mass is 360 g/mol. The third-order valence-electron chi connectivity index (χ3n) is 4.71. The van der Waals surface area contributed by atoms with Crippen LogP contribution in [-0.2, 0) is 4.74 Å².